The Morgan fingerprint density at radius 2 is 1.45 bits per heavy atom. The summed E-state index contributed by atoms with van der Waals surface area (Å²) in [7, 11) is 0. The van der Waals surface area contributed by atoms with Crippen LogP contribution in [-0.4, -0.2) is 104 Å². The Balaban J connectivity index is 2.10. The van der Waals surface area contributed by atoms with E-state index in [1.807, 2.05) is 0 Å². The molecule has 2 rings (SSSR count). The van der Waals surface area contributed by atoms with Crippen molar-refractivity contribution in [1.82, 2.24) is 0 Å². The minimum Gasteiger partial charge on any atom is -0.394 e. The predicted molar refractivity (Wildman–Crippen MR) is 67.2 cm³/mol. The van der Waals surface area contributed by atoms with Gasteiger partial charge in [-0.2, -0.15) is 0 Å². The molecule has 10 atom stereocenters. The highest BCUT2D eigenvalue weighted by Gasteiger charge is 2.49. The van der Waals surface area contributed by atoms with E-state index in [0.29, 0.717) is 0 Å². The van der Waals surface area contributed by atoms with Gasteiger partial charge in [-0.25, -0.2) is 0 Å². The van der Waals surface area contributed by atoms with Gasteiger partial charge in [0.05, 0.1) is 12.7 Å². The Morgan fingerprint density at radius 3 is 2.05 bits per heavy atom. The first-order chi connectivity index (χ1) is 10.3. The summed E-state index contributed by atoms with van der Waals surface area (Å²) in [6, 6.07) is 0. The first-order valence-corrected chi connectivity index (χ1v) is 6.93. The zero-order chi connectivity index (χ0) is 16.6. The Kier molecular flexibility index (Phi) is 5.72. The van der Waals surface area contributed by atoms with Crippen molar-refractivity contribution < 1.29 is 50.0 Å². The van der Waals surface area contributed by atoms with E-state index in [9.17, 15) is 30.6 Å². The maximum Gasteiger partial charge on any atom is 0.187 e. The van der Waals surface area contributed by atoms with Gasteiger partial charge in [-0.1, -0.05) is 0 Å². The van der Waals surface area contributed by atoms with Crippen LogP contribution in [0.4, 0.5) is 0 Å². The second-order valence-corrected chi connectivity index (χ2v) is 5.51. The Morgan fingerprint density at radius 1 is 0.818 bits per heavy atom. The van der Waals surface area contributed by atoms with Crippen LogP contribution < -0.4 is 0 Å². The van der Waals surface area contributed by atoms with E-state index in [1.165, 1.54) is 6.92 Å². The third-order valence-electron chi connectivity index (χ3n) is 3.94. The number of hydrogen-bond donors (Lipinski definition) is 7. The lowest BCUT2D eigenvalue weighted by Gasteiger charge is -2.44. The first kappa shape index (κ1) is 17.9. The molecule has 0 amide bonds. The van der Waals surface area contributed by atoms with Crippen LogP contribution in [0.2, 0.25) is 0 Å². The number of aliphatic hydroxyl groups excluding tert-OH is 7. The van der Waals surface area contributed by atoms with Gasteiger partial charge < -0.3 is 50.0 Å². The van der Waals surface area contributed by atoms with Gasteiger partial charge in [0.15, 0.2) is 12.6 Å². The second kappa shape index (κ2) is 7.01. The van der Waals surface area contributed by atoms with E-state index >= 15 is 0 Å². The number of hydrogen-bond acceptors (Lipinski definition) is 10. The summed E-state index contributed by atoms with van der Waals surface area (Å²) >= 11 is 0. The van der Waals surface area contributed by atoms with Crippen LogP contribution >= 0.6 is 0 Å². The predicted octanol–water partition coefficient (Wildman–Crippen LogP) is -4.37. The van der Waals surface area contributed by atoms with E-state index < -0.39 is 68.0 Å². The molecule has 0 radical (unpaired) electrons. The largest absolute Gasteiger partial charge is 0.394 e. The van der Waals surface area contributed by atoms with Crippen LogP contribution in [-0.2, 0) is 14.2 Å². The average molecular weight is 326 g/mol. The third-order valence-corrected chi connectivity index (χ3v) is 3.94. The molecule has 2 fully saturated rings. The summed E-state index contributed by atoms with van der Waals surface area (Å²) in [4.78, 5) is 0. The molecule has 22 heavy (non-hydrogen) atoms. The molecule has 7 N–H and O–H groups in total. The Labute approximate surface area is 126 Å². The quantitative estimate of drug-likeness (QED) is 0.269. The molecule has 0 saturated carbocycles. The minimum absolute atomic E-state index is 0.628. The number of aliphatic hydroxyl groups is 7. The van der Waals surface area contributed by atoms with Crippen molar-refractivity contribution in [3.8, 4) is 0 Å². The normalized spacial score (nSPS) is 53.5. The van der Waals surface area contributed by atoms with Crippen molar-refractivity contribution in [2.45, 2.75) is 68.3 Å². The molecule has 0 aromatic heterocycles. The highest BCUT2D eigenvalue weighted by Crippen LogP contribution is 2.28. The van der Waals surface area contributed by atoms with E-state index in [4.69, 9.17) is 19.3 Å². The Hall–Kier alpha value is -0.400. The molecule has 0 aliphatic carbocycles. The average Bonchev–Trinajstić information content (AvgIpc) is 2.50. The van der Waals surface area contributed by atoms with Crippen LogP contribution in [0.1, 0.15) is 6.92 Å². The molecular formula is C12H22O10. The molecule has 10 heteroatoms. The van der Waals surface area contributed by atoms with Crippen LogP contribution in [0.5, 0.6) is 0 Å². The monoisotopic (exact) mass is 326 g/mol. The van der Waals surface area contributed by atoms with Crippen LogP contribution in [0, 0.1) is 0 Å². The van der Waals surface area contributed by atoms with Gasteiger partial charge in [0.1, 0.15) is 42.7 Å². The van der Waals surface area contributed by atoms with Gasteiger partial charge in [0.25, 0.3) is 0 Å². The number of rotatable bonds is 3. The molecule has 130 valence electrons. The maximum absolute atomic E-state index is 9.99. The van der Waals surface area contributed by atoms with Crippen LogP contribution in [0.3, 0.4) is 0 Å². The van der Waals surface area contributed by atoms with Gasteiger partial charge in [-0.05, 0) is 6.92 Å². The van der Waals surface area contributed by atoms with Crippen molar-refractivity contribution in [3.63, 3.8) is 0 Å². The fourth-order valence-corrected chi connectivity index (χ4v) is 2.51. The standard InChI is InChI=1S/C12H22O10/c1-3-5(14)7(16)8(17)12(20-3)22-10-6(15)4(2-13)21-11(19)9(10)18/h3-19H,2H2,1H3/t3?,4?,5-,6+,7+,8?,9?,10+,11?,12+/m1/s1. The van der Waals surface area contributed by atoms with Crippen molar-refractivity contribution >= 4 is 0 Å². The van der Waals surface area contributed by atoms with Gasteiger partial charge in [0, 0.05) is 0 Å². The first-order valence-electron chi connectivity index (χ1n) is 6.93. The summed E-state index contributed by atoms with van der Waals surface area (Å²) < 4.78 is 15.3. The molecule has 0 bridgehead atoms. The van der Waals surface area contributed by atoms with Crippen LogP contribution in [0.15, 0.2) is 0 Å². The summed E-state index contributed by atoms with van der Waals surface area (Å²) in [5.74, 6) is 0. The molecule has 2 aliphatic rings. The fraction of sp³-hybridized carbons (Fsp3) is 1.00. The highest BCUT2D eigenvalue weighted by molar-refractivity contribution is 4.93. The number of ether oxygens (including phenoxy) is 3. The van der Waals surface area contributed by atoms with E-state index in [0.717, 1.165) is 0 Å². The third kappa shape index (κ3) is 3.26. The lowest BCUT2D eigenvalue weighted by atomic mass is 9.97. The molecule has 0 aromatic carbocycles. The van der Waals surface area contributed by atoms with Crippen molar-refractivity contribution in [1.29, 1.82) is 0 Å². The van der Waals surface area contributed by atoms with Gasteiger partial charge in [-0.3, -0.25) is 0 Å². The van der Waals surface area contributed by atoms with Crippen molar-refractivity contribution in [2.75, 3.05) is 6.61 Å². The highest BCUT2D eigenvalue weighted by atomic mass is 16.7. The van der Waals surface area contributed by atoms with E-state index in [2.05, 4.69) is 0 Å². The van der Waals surface area contributed by atoms with E-state index in [1.54, 1.807) is 0 Å². The molecular weight excluding hydrogens is 304 g/mol. The lowest BCUT2D eigenvalue weighted by Crippen LogP contribution is -2.63. The fourth-order valence-electron chi connectivity index (χ4n) is 2.51. The van der Waals surface area contributed by atoms with Crippen molar-refractivity contribution in [3.05, 3.63) is 0 Å². The summed E-state index contributed by atoms with van der Waals surface area (Å²) in [6.07, 6.45) is -14.3. The molecule has 2 saturated heterocycles. The SMILES string of the molecule is CC1O[C@@H](O[C@@H]2C(O)C(O)OC(CO)[C@@H]2O)C(O)[C@@H](O)[C@@H]1O. The van der Waals surface area contributed by atoms with Gasteiger partial charge in [-0.15, -0.1) is 0 Å². The zero-order valence-corrected chi connectivity index (χ0v) is 11.8. The Bertz CT molecular complexity index is 368. The molecule has 2 aliphatic heterocycles. The van der Waals surface area contributed by atoms with Gasteiger partial charge in [0.2, 0.25) is 0 Å². The molecule has 0 spiro atoms. The molecule has 2 heterocycles. The zero-order valence-electron chi connectivity index (χ0n) is 11.8. The second-order valence-electron chi connectivity index (χ2n) is 5.51. The topological polar surface area (TPSA) is 169 Å². The van der Waals surface area contributed by atoms with E-state index in [-0.39, 0.29) is 0 Å². The smallest absolute Gasteiger partial charge is 0.187 e. The summed E-state index contributed by atoms with van der Waals surface area (Å²) in [6.45, 7) is 0.814. The molecule has 10 nitrogen and oxygen atoms in total. The maximum atomic E-state index is 9.99. The summed E-state index contributed by atoms with van der Waals surface area (Å²) in [5.41, 5.74) is 0. The van der Waals surface area contributed by atoms with Crippen LogP contribution in [0.25, 0.3) is 0 Å². The molecule has 0 aromatic rings. The molecule has 5 unspecified atom stereocenters. The lowest BCUT2D eigenvalue weighted by molar-refractivity contribution is -0.352. The van der Waals surface area contributed by atoms with Crippen molar-refractivity contribution in [2.24, 2.45) is 0 Å². The summed E-state index contributed by atoms with van der Waals surface area (Å²) in [5, 5.41) is 67.6. The minimum atomic E-state index is -1.71. The van der Waals surface area contributed by atoms with Gasteiger partial charge >= 0.3 is 0 Å².